The Morgan fingerprint density at radius 1 is 1.00 bits per heavy atom. The molecule has 1 aromatic heterocycles. The summed E-state index contributed by atoms with van der Waals surface area (Å²) in [5, 5.41) is 4.95. The summed E-state index contributed by atoms with van der Waals surface area (Å²) in [5.41, 5.74) is 7.44. The van der Waals surface area contributed by atoms with Gasteiger partial charge in [0.1, 0.15) is 5.78 Å². The van der Waals surface area contributed by atoms with Crippen LogP contribution in [0, 0.1) is 25.7 Å². The van der Waals surface area contributed by atoms with Gasteiger partial charge in [-0.25, -0.2) is 0 Å². The van der Waals surface area contributed by atoms with E-state index in [0.29, 0.717) is 18.3 Å². The fraction of sp³-hybridized carbons (Fsp3) is 0.633. The SMILES string of the molecule is CC(=O)CC1CCN(C(=O)c2nn(CCN3CCN(c4cccc(C)c4C)CC3)c3c2[C@@H]2C[C@@H]2C3)CC1. The Hall–Kier alpha value is -2.67. The largest absolute Gasteiger partial charge is 0.369 e. The number of hydrogen-bond donors (Lipinski definition) is 0. The molecule has 0 radical (unpaired) electrons. The summed E-state index contributed by atoms with van der Waals surface area (Å²) in [6.07, 6.45) is 4.80. The van der Waals surface area contributed by atoms with E-state index in [1.54, 1.807) is 6.92 Å². The van der Waals surface area contributed by atoms with Crippen molar-refractivity contribution in [2.75, 3.05) is 50.7 Å². The molecule has 0 spiro atoms. The number of carbonyl (C=O) groups is 2. The maximum Gasteiger partial charge on any atom is 0.274 e. The monoisotopic (exact) mass is 503 g/mol. The first-order chi connectivity index (χ1) is 17.9. The average molecular weight is 504 g/mol. The molecule has 3 heterocycles. The smallest absolute Gasteiger partial charge is 0.274 e. The number of rotatable bonds is 7. The molecule has 37 heavy (non-hydrogen) atoms. The van der Waals surface area contributed by atoms with Crippen LogP contribution in [0.1, 0.15) is 71.4 Å². The summed E-state index contributed by atoms with van der Waals surface area (Å²) in [5.74, 6) is 2.08. The van der Waals surface area contributed by atoms with Crippen molar-refractivity contribution in [1.82, 2.24) is 19.6 Å². The number of ketones is 1. The number of likely N-dealkylation sites (tertiary alicyclic amines) is 1. The molecule has 0 N–H and O–H groups in total. The minimum atomic E-state index is 0.117. The Bertz CT molecular complexity index is 1190. The molecule has 3 fully saturated rings. The molecule has 2 aliphatic carbocycles. The molecule has 1 amide bonds. The van der Waals surface area contributed by atoms with E-state index in [1.807, 2.05) is 4.90 Å². The van der Waals surface area contributed by atoms with Gasteiger partial charge in [-0.2, -0.15) is 5.10 Å². The molecule has 0 unspecified atom stereocenters. The summed E-state index contributed by atoms with van der Waals surface area (Å²) >= 11 is 0. The second kappa shape index (κ2) is 9.90. The molecule has 7 heteroatoms. The van der Waals surface area contributed by atoms with Crippen LogP contribution in [0.3, 0.4) is 0 Å². The highest BCUT2D eigenvalue weighted by atomic mass is 16.2. The fourth-order valence-electron chi connectivity index (χ4n) is 6.96. The van der Waals surface area contributed by atoms with E-state index in [0.717, 1.165) is 83.2 Å². The van der Waals surface area contributed by atoms with Gasteiger partial charge in [0.15, 0.2) is 5.69 Å². The van der Waals surface area contributed by atoms with Gasteiger partial charge in [0.05, 0.1) is 6.54 Å². The highest BCUT2D eigenvalue weighted by molar-refractivity contribution is 5.94. The topological polar surface area (TPSA) is 61.7 Å². The lowest BCUT2D eigenvalue weighted by atomic mass is 9.92. The maximum atomic E-state index is 13.6. The van der Waals surface area contributed by atoms with Crippen LogP contribution < -0.4 is 4.90 Å². The van der Waals surface area contributed by atoms with E-state index in [-0.39, 0.29) is 11.7 Å². The molecule has 2 aromatic rings. The van der Waals surface area contributed by atoms with E-state index in [1.165, 1.54) is 34.5 Å². The zero-order valence-electron chi connectivity index (χ0n) is 22.7. The van der Waals surface area contributed by atoms with Crippen molar-refractivity contribution in [2.24, 2.45) is 11.8 Å². The minimum Gasteiger partial charge on any atom is -0.369 e. The number of fused-ring (bicyclic) bond motifs is 3. The Morgan fingerprint density at radius 2 is 1.76 bits per heavy atom. The van der Waals surface area contributed by atoms with E-state index in [9.17, 15) is 9.59 Å². The Balaban J connectivity index is 1.08. The molecular formula is C30H41N5O2. The molecule has 2 aliphatic heterocycles. The first-order valence-electron chi connectivity index (χ1n) is 14.3. The summed E-state index contributed by atoms with van der Waals surface area (Å²) in [6.45, 7) is 13.6. The fourth-order valence-corrected chi connectivity index (χ4v) is 6.96. The number of amides is 1. The quantitative estimate of drug-likeness (QED) is 0.575. The third kappa shape index (κ3) is 4.83. The zero-order chi connectivity index (χ0) is 25.7. The number of piperazine rings is 1. The molecule has 1 aromatic carbocycles. The van der Waals surface area contributed by atoms with Gasteiger partial charge < -0.3 is 14.6 Å². The van der Waals surface area contributed by atoms with Gasteiger partial charge in [-0.05, 0) is 81.4 Å². The molecule has 2 atom stereocenters. The Kier molecular flexibility index (Phi) is 6.59. The first kappa shape index (κ1) is 24.7. The number of nitrogens with zero attached hydrogens (tertiary/aromatic N) is 5. The summed E-state index contributed by atoms with van der Waals surface area (Å²) < 4.78 is 2.17. The normalized spacial score (nSPS) is 23.8. The van der Waals surface area contributed by atoms with Crippen molar-refractivity contribution in [3.63, 3.8) is 0 Å². The highest BCUT2D eigenvalue weighted by Crippen LogP contribution is 2.57. The molecule has 1 saturated carbocycles. The van der Waals surface area contributed by atoms with Crippen molar-refractivity contribution >= 4 is 17.4 Å². The van der Waals surface area contributed by atoms with Crippen LogP contribution in [-0.2, 0) is 17.8 Å². The van der Waals surface area contributed by atoms with Crippen molar-refractivity contribution in [1.29, 1.82) is 0 Å². The maximum absolute atomic E-state index is 13.6. The van der Waals surface area contributed by atoms with Crippen LogP contribution in [0.25, 0.3) is 0 Å². The third-order valence-electron chi connectivity index (χ3n) is 9.44. The first-order valence-corrected chi connectivity index (χ1v) is 14.3. The number of aryl methyl sites for hydroxylation is 1. The molecular weight excluding hydrogens is 462 g/mol. The van der Waals surface area contributed by atoms with Gasteiger partial charge in [0, 0.05) is 69.2 Å². The number of hydrogen-bond acceptors (Lipinski definition) is 5. The third-order valence-corrected chi connectivity index (χ3v) is 9.44. The van der Waals surface area contributed by atoms with Crippen molar-refractivity contribution < 1.29 is 9.59 Å². The van der Waals surface area contributed by atoms with Gasteiger partial charge in [0.25, 0.3) is 5.91 Å². The molecule has 4 aliphatic rings. The van der Waals surface area contributed by atoms with Gasteiger partial charge in [-0.15, -0.1) is 0 Å². The Labute approximate surface area is 220 Å². The second-order valence-corrected chi connectivity index (χ2v) is 11.9. The van der Waals surface area contributed by atoms with Gasteiger partial charge >= 0.3 is 0 Å². The van der Waals surface area contributed by atoms with E-state index in [2.05, 4.69) is 46.5 Å². The van der Waals surface area contributed by atoms with Crippen molar-refractivity contribution in [3.05, 3.63) is 46.3 Å². The van der Waals surface area contributed by atoms with E-state index < -0.39 is 0 Å². The van der Waals surface area contributed by atoms with Crippen LogP contribution in [0.2, 0.25) is 0 Å². The van der Waals surface area contributed by atoms with E-state index in [4.69, 9.17) is 5.10 Å². The summed E-state index contributed by atoms with van der Waals surface area (Å²) in [6, 6.07) is 6.61. The zero-order valence-corrected chi connectivity index (χ0v) is 22.7. The van der Waals surface area contributed by atoms with Crippen LogP contribution >= 0.6 is 0 Å². The second-order valence-electron chi connectivity index (χ2n) is 11.9. The highest BCUT2D eigenvalue weighted by Gasteiger charge is 2.50. The lowest BCUT2D eigenvalue weighted by molar-refractivity contribution is -0.118. The lowest BCUT2D eigenvalue weighted by Crippen LogP contribution is -2.47. The summed E-state index contributed by atoms with van der Waals surface area (Å²) in [4.78, 5) is 32.1. The Morgan fingerprint density at radius 3 is 2.49 bits per heavy atom. The number of carbonyl (C=O) groups excluding carboxylic acids is 2. The molecule has 6 rings (SSSR count). The summed E-state index contributed by atoms with van der Waals surface area (Å²) in [7, 11) is 0. The number of benzene rings is 1. The van der Waals surface area contributed by atoms with Crippen molar-refractivity contribution in [2.45, 2.75) is 65.3 Å². The van der Waals surface area contributed by atoms with Crippen LogP contribution in [-0.4, -0.2) is 77.1 Å². The molecule has 198 valence electrons. The van der Waals surface area contributed by atoms with E-state index >= 15 is 0 Å². The van der Waals surface area contributed by atoms with Gasteiger partial charge in [-0.3, -0.25) is 14.4 Å². The number of anilines is 1. The van der Waals surface area contributed by atoms with Gasteiger partial charge in [0.2, 0.25) is 0 Å². The molecule has 2 saturated heterocycles. The predicted octanol–water partition coefficient (Wildman–Crippen LogP) is 3.81. The van der Waals surface area contributed by atoms with Crippen molar-refractivity contribution in [3.8, 4) is 0 Å². The minimum absolute atomic E-state index is 0.117. The van der Waals surface area contributed by atoms with Gasteiger partial charge in [-0.1, -0.05) is 12.1 Å². The number of Topliss-reactive ketones (excluding diaryl/α,β-unsaturated/α-hetero) is 1. The predicted molar refractivity (Wildman–Crippen MR) is 145 cm³/mol. The lowest BCUT2D eigenvalue weighted by Gasteiger charge is -2.37. The van der Waals surface area contributed by atoms with Crippen LogP contribution in [0.4, 0.5) is 5.69 Å². The standard InChI is InChI=1S/C30H41N5O2/c1-20-5-4-6-26(22(20)3)33-14-11-32(12-15-33)13-16-35-27-19-24-18-25(24)28(27)29(31-35)30(37)34-9-7-23(8-10-34)17-21(2)36/h4-6,23-25H,7-19H2,1-3H3/t24-,25-/m1/s1. The van der Waals surface area contributed by atoms with Crippen LogP contribution in [0.15, 0.2) is 18.2 Å². The van der Waals surface area contributed by atoms with Crippen LogP contribution in [0.5, 0.6) is 0 Å². The molecule has 7 nitrogen and oxygen atoms in total. The number of piperidine rings is 1. The molecule has 0 bridgehead atoms. The number of aromatic nitrogens is 2. The average Bonchev–Trinajstić information content (AvgIpc) is 3.41.